The van der Waals surface area contributed by atoms with Crippen LogP contribution in [0, 0.1) is 0 Å². The molecule has 0 aliphatic carbocycles. The fourth-order valence-electron chi connectivity index (χ4n) is 1.28. The van der Waals surface area contributed by atoms with Crippen molar-refractivity contribution in [2.75, 3.05) is 5.48 Å². The average molecular weight is 189 g/mol. The van der Waals surface area contributed by atoms with Crippen LogP contribution in [-0.2, 0) is 0 Å². The zero-order valence-electron chi connectivity index (χ0n) is 7.34. The Labute approximate surface area is 81.0 Å². The molecule has 0 unspecified atom stereocenters. The summed E-state index contributed by atoms with van der Waals surface area (Å²) in [7, 11) is 0. The molecule has 4 nitrogen and oxygen atoms in total. The number of rotatable bonds is 2. The Morgan fingerprint density at radius 1 is 1.21 bits per heavy atom. The SMILES string of the molecule is [O-]c1ccc(NO)cc1-n1cccc1. The number of nitrogens with one attached hydrogen (secondary N) is 1. The number of anilines is 1. The third-order valence-electron chi connectivity index (χ3n) is 1.97. The first-order valence-electron chi connectivity index (χ1n) is 4.16. The van der Waals surface area contributed by atoms with E-state index in [4.69, 9.17) is 5.21 Å². The maximum atomic E-state index is 11.5. The molecule has 0 aliphatic rings. The summed E-state index contributed by atoms with van der Waals surface area (Å²) in [5.74, 6) is -0.0831. The lowest BCUT2D eigenvalue weighted by Gasteiger charge is -2.15. The fraction of sp³-hybridized carbons (Fsp3) is 0. The van der Waals surface area contributed by atoms with Crippen LogP contribution in [0.15, 0.2) is 42.7 Å². The molecule has 1 aromatic carbocycles. The van der Waals surface area contributed by atoms with Crippen molar-refractivity contribution < 1.29 is 10.3 Å². The van der Waals surface area contributed by atoms with Gasteiger partial charge in [-0.1, -0.05) is 11.8 Å². The highest BCUT2D eigenvalue weighted by atomic mass is 16.5. The van der Waals surface area contributed by atoms with Crippen LogP contribution in [0.4, 0.5) is 5.69 Å². The van der Waals surface area contributed by atoms with E-state index in [1.54, 1.807) is 23.0 Å². The van der Waals surface area contributed by atoms with E-state index in [1.807, 2.05) is 17.6 Å². The predicted octanol–water partition coefficient (Wildman–Crippen LogP) is 1.35. The lowest BCUT2D eigenvalue weighted by Crippen LogP contribution is -2.00. The second kappa shape index (κ2) is 3.43. The number of aromatic nitrogens is 1. The van der Waals surface area contributed by atoms with Crippen molar-refractivity contribution in [2.45, 2.75) is 0 Å². The van der Waals surface area contributed by atoms with E-state index in [0.29, 0.717) is 11.4 Å². The molecule has 2 rings (SSSR count). The highest BCUT2D eigenvalue weighted by Gasteiger charge is 1.97. The van der Waals surface area contributed by atoms with E-state index in [9.17, 15) is 5.11 Å². The number of nitrogens with zero attached hydrogens (tertiary/aromatic N) is 1. The van der Waals surface area contributed by atoms with Gasteiger partial charge in [-0.25, -0.2) is 0 Å². The molecule has 0 fully saturated rings. The van der Waals surface area contributed by atoms with Gasteiger partial charge in [-0.3, -0.25) is 10.7 Å². The van der Waals surface area contributed by atoms with Crippen LogP contribution in [0.1, 0.15) is 0 Å². The van der Waals surface area contributed by atoms with Crippen LogP contribution >= 0.6 is 0 Å². The minimum Gasteiger partial charge on any atom is -0.871 e. The van der Waals surface area contributed by atoms with Crippen LogP contribution in [0.25, 0.3) is 5.69 Å². The van der Waals surface area contributed by atoms with Gasteiger partial charge in [-0.05, 0) is 24.3 Å². The van der Waals surface area contributed by atoms with Crippen LogP contribution in [0.5, 0.6) is 5.75 Å². The topological polar surface area (TPSA) is 60.2 Å². The van der Waals surface area contributed by atoms with Gasteiger partial charge in [0.05, 0.1) is 5.69 Å². The highest BCUT2D eigenvalue weighted by Crippen LogP contribution is 2.22. The van der Waals surface area contributed by atoms with E-state index in [1.165, 1.54) is 12.1 Å². The molecule has 72 valence electrons. The van der Waals surface area contributed by atoms with Gasteiger partial charge < -0.3 is 9.67 Å². The smallest absolute Gasteiger partial charge is 0.0622 e. The van der Waals surface area contributed by atoms with Gasteiger partial charge in [-0.2, -0.15) is 0 Å². The molecule has 0 saturated carbocycles. The molecule has 1 aromatic heterocycles. The first-order chi connectivity index (χ1) is 6.81. The Balaban J connectivity index is 2.51. The van der Waals surface area contributed by atoms with Crippen molar-refractivity contribution in [1.82, 2.24) is 4.57 Å². The van der Waals surface area contributed by atoms with Crippen LogP contribution < -0.4 is 10.6 Å². The number of hydrogen-bond donors (Lipinski definition) is 2. The minimum absolute atomic E-state index is 0.0831. The van der Waals surface area contributed by atoms with E-state index in [2.05, 4.69) is 0 Å². The van der Waals surface area contributed by atoms with Gasteiger partial charge in [0.1, 0.15) is 0 Å². The summed E-state index contributed by atoms with van der Waals surface area (Å²) in [6, 6.07) is 8.18. The molecule has 0 amide bonds. The molecule has 0 spiro atoms. The van der Waals surface area contributed by atoms with Gasteiger partial charge in [0.2, 0.25) is 0 Å². The van der Waals surface area contributed by atoms with Crippen LogP contribution in [0.3, 0.4) is 0 Å². The summed E-state index contributed by atoms with van der Waals surface area (Å²) in [6.07, 6.45) is 3.55. The molecule has 2 N–H and O–H groups in total. The van der Waals surface area contributed by atoms with Crippen molar-refractivity contribution in [3.63, 3.8) is 0 Å². The maximum absolute atomic E-state index is 11.5. The minimum atomic E-state index is -0.0831. The first kappa shape index (κ1) is 8.65. The molecule has 0 aliphatic heterocycles. The van der Waals surface area contributed by atoms with Crippen molar-refractivity contribution >= 4 is 5.69 Å². The molecule has 1 heterocycles. The summed E-state index contributed by atoms with van der Waals surface area (Å²) in [4.78, 5) is 0. The zero-order valence-corrected chi connectivity index (χ0v) is 7.34. The van der Waals surface area contributed by atoms with Gasteiger partial charge in [0, 0.05) is 18.1 Å². The summed E-state index contributed by atoms with van der Waals surface area (Å²) in [6.45, 7) is 0. The van der Waals surface area contributed by atoms with Gasteiger partial charge in [0.25, 0.3) is 0 Å². The molecule has 0 saturated heterocycles. The standard InChI is InChI=1S/C10H10N2O2/c13-10-4-3-8(11-14)7-9(10)12-5-1-2-6-12/h1-7,11,13-14H/p-1. The molecule has 0 bridgehead atoms. The normalized spacial score (nSPS) is 10.1. The molecular weight excluding hydrogens is 180 g/mol. The molecule has 4 heteroatoms. The molecule has 2 aromatic rings. The average Bonchev–Trinajstić information content (AvgIpc) is 2.71. The Bertz CT molecular complexity index is 424. The van der Waals surface area contributed by atoms with E-state index in [0.717, 1.165) is 0 Å². The lowest BCUT2D eigenvalue weighted by molar-refractivity contribution is -0.268. The third-order valence-corrected chi connectivity index (χ3v) is 1.97. The quantitative estimate of drug-likeness (QED) is 0.701. The summed E-state index contributed by atoms with van der Waals surface area (Å²) < 4.78 is 1.70. The van der Waals surface area contributed by atoms with Crippen molar-refractivity contribution in [3.8, 4) is 11.4 Å². The van der Waals surface area contributed by atoms with E-state index >= 15 is 0 Å². The van der Waals surface area contributed by atoms with Crippen molar-refractivity contribution in [3.05, 3.63) is 42.7 Å². The second-order valence-corrected chi connectivity index (χ2v) is 2.88. The molecule has 0 atom stereocenters. The van der Waals surface area contributed by atoms with Gasteiger partial charge in [-0.15, -0.1) is 0 Å². The van der Waals surface area contributed by atoms with E-state index in [-0.39, 0.29) is 5.75 Å². The molecule has 14 heavy (non-hydrogen) atoms. The maximum Gasteiger partial charge on any atom is 0.0622 e. The van der Waals surface area contributed by atoms with Crippen LogP contribution in [-0.4, -0.2) is 9.77 Å². The number of benzene rings is 1. The zero-order chi connectivity index (χ0) is 9.97. The first-order valence-corrected chi connectivity index (χ1v) is 4.16. The fourth-order valence-corrected chi connectivity index (χ4v) is 1.28. The van der Waals surface area contributed by atoms with Gasteiger partial charge in [0.15, 0.2) is 0 Å². The second-order valence-electron chi connectivity index (χ2n) is 2.88. The Morgan fingerprint density at radius 3 is 2.57 bits per heavy atom. The van der Waals surface area contributed by atoms with Crippen molar-refractivity contribution in [1.29, 1.82) is 0 Å². The van der Waals surface area contributed by atoms with Gasteiger partial charge >= 0.3 is 0 Å². The number of hydrogen-bond acceptors (Lipinski definition) is 3. The Morgan fingerprint density at radius 2 is 1.93 bits per heavy atom. The summed E-state index contributed by atoms with van der Waals surface area (Å²) >= 11 is 0. The Kier molecular flexibility index (Phi) is 2.12. The van der Waals surface area contributed by atoms with E-state index < -0.39 is 0 Å². The lowest BCUT2D eigenvalue weighted by atomic mass is 10.2. The predicted molar refractivity (Wildman–Crippen MR) is 50.6 cm³/mol. The summed E-state index contributed by atoms with van der Waals surface area (Å²) in [5, 5.41) is 20.1. The Hall–Kier alpha value is -1.94. The molecule has 0 radical (unpaired) electrons. The van der Waals surface area contributed by atoms with Crippen molar-refractivity contribution in [2.24, 2.45) is 0 Å². The largest absolute Gasteiger partial charge is 0.871 e. The van der Waals surface area contributed by atoms with Crippen LogP contribution in [0.2, 0.25) is 0 Å². The highest BCUT2D eigenvalue weighted by molar-refractivity contribution is 5.56. The molecular formula is C10H9N2O2-. The monoisotopic (exact) mass is 189 g/mol. The third kappa shape index (κ3) is 1.43. The summed E-state index contributed by atoms with van der Waals surface area (Å²) in [5.41, 5.74) is 3.01.